The van der Waals surface area contributed by atoms with E-state index in [0.717, 1.165) is 17.8 Å². The third-order valence-electron chi connectivity index (χ3n) is 5.65. The summed E-state index contributed by atoms with van der Waals surface area (Å²) in [5, 5.41) is 47.1. The zero-order chi connectivity index (χ0) is 22.8. The maximum atomic E-state index is 10.8. The van der Waals surface area contributed by atoms with Gasteiger partial charge >= 0.3 is 0 Å². The van der Waals surface area contributed by atoms with Gasteiger partial charge in [-0.05, 0) is 105 Å². The molecule has 6 N–H and O–H groups in total. The predicted octanol–water partition coefficient (Wildman–Crippen LogP) is 2.65. The Balaban J connectivity index is 0. The van der Waals surface area contributed by atoms with Crippen molar-refractivity contribution in [3.8, 4) is 0 Å². The van der Waals surface area contributed by atoms with Crippen LogP contribution < -0.4 is 5.32 Å². The summed E-state index contributed by atoms with van der Waals surface area (Å²) in [5.74, 6) is 2.55. The number of aliphatic hydroxyl groups excluding tert-OH is 4. The van der Waals surface area contributed by atoms with Crippen molar-refractivity contribution in [1.29, 1.82) is 0 Å². The molecule has 180 valence electrons. The van der Waals surface area contributed by atoms with Gasteiger partial charge in [-0.3, -0.25) is 5.32 Å². The van der Waals surface area contributed by atoms with Crippen LogP contribution in [-0.4, -0.2) is 62.7 Å². The summed E-state index contributed by atoms with van der Waals surface area (Å²) < 4.78 is 0. The first-order chi connectivity index (χ1) is 13.2. The van der Waals surface area contributed by atoms with Gasteiger partial charge in [0.05, 0.1) is 6.61 Å². The van der Waals surface area contributed by atoms with Gasteiger partial charge < -0.3 is 25.5 Å². The smallest absolute Gasteiger partial charge is 0.118 e. The van der Waals surface area contributed by atoms with Crippen molar-refractivity contribution in [1.82, 2.24) is 5.32 Å². The van der Waals surface area contributed by atoms with E-state index in [1.165, 1.54) is 38.5 Å². The van der Waals surface area contributed by atoms with Crippen molar-refractivity contribution in [3.05, 3.63) is 0 Å². The van der Waals surface area contributed by atoms with Crippen LogP contribution in [0.15, 0.2) is 0 Å². The van der Waals surface area contributed by atoms with E-state index in [9.17, 15) is 5.11 Å². The summed E-state index contributed by atoms with van der Waals surface area (Å²) in [5.41, 5.74) is -0.720. The molecule has 4 aliphatic rings. The van der Waals surface area contributed by atoms with Crippen molar-refractivity contribution in [3.63, 3.8) is 0 Å². The Morgan fingerprint density at radius 1 is 0.800 bits per heavy atom. The first-order valence-electron chi connectivity index (χ1n) is 11.4. The quantitative estimate of drug-likeness (QED) is 0.280. The van der Waals surface area contributed by atoms with Crippen molar-refractivity contribution >= 4 is 0 Å². The fourth-order valence-corrected chi connectivity index (χ4v) is 5.19. The predicted molar refractivity (Wildman–Crippen MR) is 118 cm³/mol. The monoisotopic (exact) mass is 467 g/mol. The van der Waals surface area contributed by atoms with Crippen molar-refractivity contribution in [2.45, 2.75) is 111 Å². The molecule has 0 heterocycles. The molecule has 4 aliphatic carbocycles. The minimum atomic E-state index is -0.800. The van der Waals surface area contributed by atoms with Crippen LogP contribution >= 0.6 is 0 Å². The zero-order valence-corrected chi connectivity index (χ0v) is 21.9. The van der Waals surface area contributed by atoms with Crippen LogP contribution in [0, 0.1) is 23.2 Å². The van der Waals surface area contributed by atoms with Gasteiger partial charge in [-0.25, -0.2) is 0 Å². The van der Waals surface area contributed by atoms with E-state index in [2.05, 4.69) is 5.32 Å². The molecule has 4 fully saturated rings. The Bertz CT molecular complexity index is 372. The van der Waals surface area contributed by atoms with E-state index in [-0.39, 0.29) is 52.1 Å². The summed E-state index contributed by atoms with van der Waals surface area (Å²) in [6, 6.07) is 0. The Morgan fingerprint density at radius 3 is 1.30 bits per heavy atom. The molecule has 1 atom stereocenters. The third kappa shape index (κ3) is 12.5. The van der Waals surface area contributed by atoms with Crippen LogP contribution in [0.1, 0.15) is 87.0 Å². The molecule has 4 rings (SSSR count). The molecule has 0 aromatic carbocycles. The molecule has 4 bridgehead atoms. The molecule has 1 unspecified atom stereocenters. The van der Waals surface area contributed by atoms with Crippen LogP contribution in [0.5, 0.6) is 0 Å². The van der Waals surface area contributed by atoms with Crippen LogP contribution in [0.25, 0.3) is 0 Å². The van der Waals surface area contributed by atoms with Gasteiger partial charge in [0.25, 0.3) is 0 Å². The van der Waals surface area contributed by atoms with E-state index in [0.29, 0.717) is 6.54 Å². The second-order valence-electron chi connectivity index (χ2n) is 10.2. The molecular formula is C23H49NO5Ti. The largest absolute Gasteiger partial charge is 0.395 e. The Kier molecular flexibility index (Phi) is 16.7. The van der Waals surface area contributed by atoms with E-state index in [4.69, 9.17) is 20.4 Å². The summed E-state index contributed by atoms with van der Waals surface area (Å²) >= 11 is 0. The first-order valence-corrected chi connectivity index (χ1v) is 11.4. The average molecular weight is 468 g/mol. The standard InChI is InChI=1S/C14H25NO2.3C3H8O.Ti/c1-13(17,15-2-3-16)14-7-10-4-11(8-14)6-12(5-10)9-14;3*1-3(2)4;/h10-12,15-17H,2-9H2,1H3;3*3-4H,1-2H3;. The molecule has 0 amide bonds. The second kappa shape index (κ2) is 15.3. The number of aliphatic hydroxyl groups is 5. The molecule has 0 spiro atoms. The molecular weight excluding hydrogens is 418 g/mol. The van der Waals surface area contributed by atoms with Crippen molar-refractivity contribution in [2.75, 3.05) is 13.2 Å². The third-order valence-corrected chi connectivity index (χ3v) is 5.65. The van der Waals surface area contributed by atoms with Crippen molar-refractivity contribution < 1.29 is 47.3 Å². The van der Waals surface area contributed by atoms with Gasteiger partial charge in [0.2, 0.25) is 0 Å². The number of hydrogen-bond donors (Lipinski definition) is 6. The van der Waals surface area contributed by atoms with E-state index in [1.807, 2.05) is 6.92 Å². The fraction of sp³-hybridized carbons (Fsp3) is 1.00. The fourth-order valence-electron chi connectivity index (χ4n) is 5.19. The SMILES string of the molecule is CC(C)O.CC(C)O.CC(C)O.CC(O)(NCCO)C12CC3CC(CC(C3)C1)C2.[Ti]. The van der Waals surface area contributed by atoms with Crippen molar-refractivity contribution in [2.24, 2.45) is 23.2 Å². The van der Waals surface area contributed by atoms with Gasteiger partial charge in [0.1, 0.15) is 5.72 Å². The molecule has 7 heteroatoms. The van der Waals surface area contributed by atoms with Crippen LogP contribution in [-0.2, 0) is 21.7 Å². The first kappa shape index (κ1) is 32.7. The Morgan fingerprint density at radius 2 is 1.07 bits per heavy atom. The van der Waals surface area contributed by atoms with Crippen LogP contribution in [0.2, 0.25) is 0 Å². The maximum absolute atomic E-state index is 10.8. The normalized spacial score (nSPS) is 30.3. The molecule has 0 aliphatic heterocycles. The average Bonchev–Trinajstić information content (AvgIpc) is 2.50. The molecule has 30 heavy (non-hydrogen) atoms. The van der Waals surface area contributed by atoms with Gasteiger partial charge in [-0.1, -0.05) is 0 Å². The van der Waals surface area contributed by atoms with Gasteiger partial charge in [-0.15, -0.1) is 0 Å². The second-order valence-corrected chi connectivity index (χ2v) is 10.2. The molecule has 0 aromatic heterocycles. The number of hydrogen-bond acceptors (Lipinski definition) is 6. The van der Waals surface area contributed by atoms with Crippen LogP contribution in [0.4, 0.5) is 0 Å². The molecule has 0 radical (unpaired) electrons. The van der Waals surface area contributed by atoms with E-state index >= 15 is 0 Å². The van der Waals surface area contributed by atoms with Gasteiger partial charge in [-0.2, -0.15) is 0 Å². The molecule has 0 aromatic rings. The number of nitrogens with one attached hydrogen (secondary N) is 1. The molecule has 0 saturated heterocycles. The molecule has 6 nitrogen and oxygen atoms in total. The minimum Gasteiger partial charge on any atom is -0.395 e. The molecule has 4 saturated carbocycles. The Labute approximate surface area is 199 Å². The van der Waals surface area contributed by atoms with E-state index < -0.39 is 5.72 Å². The topological polar surface area (TPSA) is 113 Å². The van der Waals surface area contributed by atoms with Crippen LogP contribution in [0.3, 0.4) is 0 Å². The maximum Gasteiger partial charge on any atom is 0.118 e. The van der Waals surface area contributed by atoms with Gasteiger partial charge in [0.15, 0.2) is 0 Å². The number of rotatable bonds is 4. The minimum absolute atomic E-state index is 0. The van der Waals surface area contributed by atoms with Gasteiger partial charge in [0, 0.05) is 52.0 Å². The Hall–Kier alpha value is 0.474. The zero-order valence-electron chi connectivity index (χ0n) is 20.4. The van der Waals surface area contributed by atoms with E-state index in [1.54, 1.807) is 41.5 Å². The summed E-state index contributed by atoms with van der Waals surface area (Å²) in [7, 11) is 0. The summed E-state index contributed by atoms with van der Waals surface area (Å²) in [6.45, 7) is 12.9. The summed E-state index contributed by atoms with van der Waals surface area (Å²) in [6.07, 6.45) is 7.25. The summed E-state index contributed by atoms with van der Waals surface area (Å²) in [4.78, 5) is 0.